The van der Waals surface area contributed by atoms with Gasteiger partial charge in [0.05, 0.1) is 6.61 Å². The van der Waals surface area contributed by atoms with E-state index in [4.69, 9.17) is 9.47 Å². The average Bonchev–Trinajstić information content (AvgIpc) is 3.06. The van der Waals surface area contributed by atoms with Crippen LogP contribution in [0.1, 0.15) is 20.3 Å². The number of carbonyl (C=O) groups excluding carboxylic acids is 2. The zero-order chi connectivity index (χ0) is 18.1. The van der Waals surface area contributed by atoms with Crippen LogP contribution in [-0.4, -0.2) is 40.5 Å². The number of rotatable bonds is 9. The first-order valence-electron chi connectivity index (χ1n) is 7.76. The van der Waals surface area contributed by atoms with Crippen LogP contribution in [0, 0.1) is 0 Å². The molecule has 0 saturated heterocycles. The van der Waals surface area contributed by atoms with E-state index in [0.29, 0.717) is 28.2 Å². The van der Waals surface area contributed by atoms with Gasteiger partial charge in [-0.25, -0.2) is 0 Å². The molecule has 0 aliphatic rings. The van der Waals surface area contributed by atoms with Crippen LogP contribution in [0.5, 0.6) is 5.75 Å². The fourth-order valence-electron chi connectivity index (χ4n) is 1.78. The zero-order valence-electron chi connectivity index (χ0n) is 13.9. The maximum absolute atomic E-state index is 11.9. The fraction of sp³-hybridized carbons (Fsp3) is 0.375. The van der Waals surface area contributed by atoms with Gasteiger partial charge in [0.2, 0.25) is 5.13 Å². The van der Waals surface area contributed by atoms with Crippen LogP contribution < -0.4 is 10.1 Å². The summed E-state index contributed by atoms with van der Waals surface area (Å²) < 4.78 is 11.0. The number of para-hydroxylation sites is 1. The van der Waals surface area contributed by atoms with Gasteiger partial charge in [-0.15, -0.1) is 10.2 Å². The molecule has 1 aromatic carbocycles. The molecule has 0 spiro atoms. The highest BCUT2D eigenvalue weighted by Gasteiger charge is 2.21. The zero-order valence-corrected chi connectivity index (χ0v) is 15.6. The molecule has 9 heteroatoms. The highest BCUT2D eigenvalue weighted by atomic mass is 32.2. The molecule has 7 nitrogen and oxygen atoms in total. The standard InChI is InChI=1S/C16H19N3O4S2/c1-3-12(14(21)22-4-2)24-16-19-18-15(25-16)17-13(20)10-23-11-8-6-5-7-9-11/h5-9,12H,3-4,10H2,1-2H3,(H,17,18,20)/t12-/m0/s1. The number of aromatic nitrogens is 2. The van der Waals surface area contributed by atoms with Crippen molar-refractivity contribution in [2.45, 2.75) is 29.9 Å². The lowest BCUT2D eigenvalue weighted by Gasteiger charge is -2.10. The minimum absolute atomic E-state index is 0.119. The Balaban J connectivity index is 1.83. The monoisotopic (exact) mass is 381 g/mol. The number of amides is 1. The predicted octanol–water partition coefficient (Wildman–Crippen LogP) is 2.99. The van der Waals surface area contributed by atoms with Crippen molar-refractivity contribution in [3.8, 4) is 5.75 Å². The van der Waals surface area contributed by atoms with Gasteiger partial charge in [-0.2, -0.15) is 0 Å². The van der Waals surface area contributed by atoms with E-state index in [1.54, 1.807) is 19.1 Å². The van der Waals surface area contributed by atoms with Crippen molar-refractivity contribution in [2.24, 2.45) is 0 Å². The van der Waals surface area contributed by atoms with Gasteiger partial charge in [0.25, 0.3) is 5.91 Å². The first-order chi connectivity index (χ1) is 12.1. The molecule has 0 unspecified atom stereocenters. The van der Waals surface area contributed by atoms with Crippen molar-refractivity contribution in [1.82, 2.24) is 10.2 Å². The van der Waals surface area contributed by atoms with Gasteiger partial charge in [0.1, 0.15) is 11.0 Å². The average molecular weight is 381 g/mol. The first-order valence-corrected chi connectivity index (χ1v) is 9.46. The van der Waals surface area contributed by atoms with Crippen LogP contribution in [0.15, 0.2) is 34.7 Å². The van der Waals surface area contributed by atoms with Crippen molar-refractivity contribution < 1.29 is 19.1 Å². The Bertz CT molecular complexity index is 694. The van der Waals surface area contributed by atoms with Crippen LogP contribution in [0.2, 0.25) is 0 Å². The summed E-state index contributed by atoms with van der Waals surface area (Å²) in [7, 11) is 0. The van der Waals surface area contributed by atoms with Gasteiger partial charge in [0, 0.05) is 0 Å². The minimum Gasteiger partial charge on any atom is -0.484 e. The summed E-state index contributed by atoms with van der Waals surface area (Å²) in [5, 5.41) is 10.6. The lowest BCUT2D eigenvalue weighted by molar-refractivity contribution is -0.142. The molecule has 0 radical (unpaired) electrons. The largest absolute Gasteiger partial charge is 0.484 e. The van der Waals surface area contributed by atoms with Crippen LogP contribution in [-0.2, 0) is 14.3 Å². The summed E-state index contributed by atoms with van der Waals surface area (Å²) in [5.74, 6) is 0.0208. The Hall–Kier alpha value is -2.13. The molecule has 1 heterocycles. The van der Waals surface area contributed by atoms with Crippen molar-refractivity contribution in [2.75, 3.05) is 18.5 Å². The summed E-state index contributed by atoms with van der Waals surface area (Å²) >= 11 is 2.49. The van der Waals surface area contributed by atoms with Gasteiger partial charge in [0.15, 0.2) is 10.9 Å². The number of esters is 1. The third kappa shape index (κ3) is 6.35. The Kier molecular flexibility index (Phi) is 7.68. The lowest BCUT2D eigenvalue weighted by atomic mass is 10.3. The van der Waals surface area contributed by atoms with Gasteiger partial charge >= 0.3 is 5.97 Å². The quantitative estimate of drug-likeness (QED) is 0.406. The lowest BCUT2D eigenvalue weighted by Crippen LogP contribution is -2.20. The van der Waals surface area contributed by atoms with Crippen molar-refractivity contribution in [1.29, 1.82) is 0 Å². The van der Waals surface area contributed by atoms with E-state index in [2.05, 4.69) is 15.5 Å². The van der Waals surface area contributed by atoms with Crippen LogP contribution in [0.4, 0.5) is 5.13 Å². The summed E-state index contributed by atoms with van der Waals surface area (Å²) in [6.45, 7) is 3.89. The molecule has 134 valence electrons. The molecule has 0 aliphatic carbocycles. The maximum Gasteiger partial charge on any atom is 0.319 e. The molecule has 1 N–H and O–H groups in total. The highest BCUT2D eigenvalue weighted by Crippen LogP contribution is 2.30. The smallest absolute Gasteiger partial charge is 0.319 e. The number of benzene rings is 1. The molecule has 0 fully saturated rings. The first kappa shape index (κ1) is 19.2. The molecule has 1 amide bonds. The second kappa shape index (κ2) is 10.00. The molecule has 0 aliphatic heterocycles. The summed E-state index contributed by atoms with van der Waals surface area (Å²) in [4.78, 5) is 23.7. The summed E-state index contributed by atoms with van der Waals surface area (Å²) in [6.07, 6.45) is 0.621. The summed E-state index contributed by atoms with van der Waals surface area (Å²) in [5.41, 5.74) is 0. The molecule has 2 rings (SSSR count). The number of anilines is 1. The molecule has 1 aromatic heterocycles. The van der Waals surface area contributed by atoms with Gasteiger partial charge < -0.3 is 9.47 Å². The van der Waals surface area contributed by atoms with Gasteiger partial charge in [-0.1, -0.05) is 48.2 Å². The van der Waals surface area contributed by atoms with E-state index in [1.807, 2.05) is 25.1 Å². The fourth-order valence-corrected chi connectivity index (χ4v) is 3.72. The van der Waals surface area contributed by atoms with Gasteiger partial charge in [-0.3, -0.25) is 14.9 Å². The molecular weight excluding hydrogens is 362 g/mol. The number of ether oxygens (including phenoxy) is 2. The Morgan fingerprint density at radius 2 is 2.00 bits per heavy atom. The maximum atomic E-state index is 11.9. The van der Waals surface area contributed by atoms with Crippen LogP contribution >= 0.6 is 23.1 Å². The highest BCUT2D eigenvalue weighted by molar-refractivity contribution is 8.02. The van der Waals surface area contributed by atoms with E-state index in [1.165, 1.54) is 23.1 Å². The third-order valence-corrected chi connectivity index (χ3v) is 5.19. The predicted molar refractivity (Wildman–Crippen MR) is 97.0 cm³/mol. The Morgan fingerprint density at radius 3 is 2.68 bits per heavy atom. The van der Waals surface area contributed by atoms with Crippen molar-refractivity contribution in [3.05, 3.63) is 30.3 Å². The Morgan fingerprint density at radius 1 is 1.24 bits per heavy atom. The minimum atomic E-state index is -0.335. The normalized spacial score (nSPS) is 11.6. The van der Waals surface area contributed by atoms with E-state index >= 15 is 0 Å². The number of hydrogen-bond donors (Lipinski definition) is 1. The SMILES string of the molecule is CCOC(=O)[C@H](CC)Sc1nnc(NC(=O)COc2ccccc2)s1. The molecule has 2 aromatic rings. The molecule has 25 heavy (non-hydrogen) atoms. The van der Waals surface area contributed by atoms with E-state index in [9.17, 15) is 9.59 Å². The van der Waals surface area contributed by atoms with Crippen LogP contribution in [0.25, 0.3) is 0 Å². The molecule has 0 saturated carbocycles. The van der Waals surface area contributed by atoms with Crippen LogP contribution in [0.3, 0.4) is 0 Å². The van der Waals surface area contributed by atoms with Crippen molar-refractivity contribution >= 4 is 40.1 Å². The number of carbonyl (C=O) groups is 2. The number of nitrogens with zero attached hydrogens (tertiary/aromatic N) is 2. The number of nitrogens with one attached hydrogen (secondary N) is 1. The van der Waals surface area contributed by atoms with E-state index in [-0.39, 0.29) is 23.7 Å². The third-order valence-electron chi connectivity index (χ3n) is 2.93. The van der Waals surface area contributed by atoms with E-state index < -0.39 is 0 Å². The second-order valence-corrected chi connectivity index (χ2v) is 7.22. The summed E-state index contributed by atoms with van der Waals surface area (Å²) in [6, 6.07) is 9.07. The Labute approximate surface area is 154 Å². The topological polar surface area (TPSA) is 90.4 Å². The van der Waals surface area contributed by atoms with Gasteiger partial charge in [-0.05, 0) is 25.5 Å². The van der Waals surface area contributed by atoms with Crippen molar-refractivity contribution in [3.63, 3.8) is 0 Å². The second-order valence-electron chi connectivity index (χ2n) is 4.79. The van der Waals surface area contributed by atoms with E-state index in [0.717, 1.165) is 0 Å². The number of hydrogen-bond acceptors (Lipinski definition) is 8. The molecule has 0 bridgehead atoms. The number of thioether (sulfide) groups is 1. The molecular formula is C16H19N3O4S2. The molecule has 1 atom stereocenters.